The molecule has 0 saturated carbocycles. The maximum atomic E-state index is 12.9. The summed E-state index contributed by atoms with van der Waals surface area (Å²) < 4.78 is 27.3. The van der Waals surface area contributed by atoms with E-state index >= 15 is 0 Å². The van der Waals surface area contributed by atoms with E-state index in [1.165, 1.54) is 22.5 Å². The molecule has 1 fully saturated rings. The monoisotopic (exact) mass is 425 g/mol. The van der Waals surface area contributed by atoms with Crippen LogP contribution in [0.3, 0.4) is 0 Å². The van der Waals surface area contributed by atoms with Gasteiger partial charge in [0.1, 0.15) is 0 Å². The van der Waals surface area contributed by atoms with Gasteiger partial charge in [0.15, 0.2) is 0 Å². The molecule has 7 nitrogen and oxygen atoms in total. The van der Waals surface area contributed by atoms with Gasteiger partial charge in [-0.25, -0.2) is 8.42 Å². The zero-order valence-electron chi connectivity index (χ0n) is 16.6. The largest absolute Gasteiger partial charge is 0.322 e. The minimum absolute atomic E-state index is 0.205. The highest BCUT2D eigenvalue weighted by atomic mass is 32.2. The Hall–Kier alpha value is -2.97. The summed E-state index contributed by atoms with van der Waals surface area (Å²) in [6.07, 6.45) is 1.90. The van der Waals surface area contributed by atoms with Gasteiger partial charge in [-0.2, -0.15) is 4.31 Å². The topological polar surface area (TPSA) is 99.3 Å². The molecule has 3 aromatic rings. The van der Waals surface area contributed by atoms with Gasteiger partial charge < -0.3 is 10.3 Å². The van der Waals surface area contributed by atoms with Crippen LogP contribution >= 0.6 is 0 Å². The highest BCUT2D eigenvalue weighted by Crippen LogP contribution is 2.25. The first-order chi connectivity index (χ1) is 14.3. The third-order valence-corrected chi connectivity index (χ3v) is 7.24. The maximum absolute atomic E-state index is 12.9. The summed E-state index contributed by atoms with van der Waals surface area (Å²) >= 11 is 0. The van der Waals surface area contributed by atoms with Crippen molar-refractivity contribution < 1.29 is 13.2 Å². The van der Waals surface area contributed by atoms with Crippen LogP contribution in [0.4, 0.5) is 5.69 Å². The Kier molecular flexibility index (Phi) is 5.44. The van der Waals surface area contributed by atoms with Gasteiger partial charge in [-0.15, -0.1) is 0 Å². The fourth-order valence-corrected chi connectivity index (χ4v) is 5.41. The second kappa shape index (κ2) is 8.04. The molecule has 8 heteroatoms. The molecule has 2 heterocycles. The molecule has 4 rings (SSSR count). The number of hydrogen-bond donors (Lipinski definition) is 2. The van der Waals surface area contributed by atoms with E-state index in [9.17, 15) is 18.0 Å². The molecule has 1 aromatic heterocycles. The third-order valence-electron chi connectivity index (χ3n) is 5.36. The van der Waals surface area contributed by atoms with E-state index in [1.807, 2.05) is 0 Å². The number of pyridine rings is 1. The van der Waals surface area contributed by atoms with E-state index in [4.69, 9.17) is 0 Å². The Morgan fingerprint density at radius 1 is 1.13 bits per heavy atom. The first kappa shape index (κ1) is 20.3. The Balaban J connectivity index is 1.56. The molecule has 2 N–H and O–H groups in total. The first-order valence-corrected chi connectivity index (χ1v) is 11.3. The predicted molar refractivity (Wildman–Crippen MR) is 116 cm³/mol. The summed E-state index contributed by atoms with van der Waals surface area (Å²) in [5.41, 5.74) is 0.923. The number of carbonyl (C=O) groups is 1. The number of sulfonamides is 1. The molecule has 0 unspecified atom stereocenters. The minimum Gasteiger partial charge on any atom is -0.322 e. The van der Waals surface area contributed by atoms with E-state index in [2.05, 4.69) is 17.2 Å². The summed E-state index contributed by atoms with van der Waals surface area (Å²) in [5.74, 6) is -0.0892. The molecule has 1 amide bonds. The number of hydrogen-bond acceptors (Lipinski definition) is 4. The quantitative estimate of drug-likeness (QED) is 0.670. The molecule has 1 atom stereocenters. The molecule has 156 valence electrons. The van der Waals surface area contributed by atoms with Crippen molar-refractivity contribution in [3.8, 4) is 0 Å². The molecule has 1 aliphatic heterocycles. The highest BCUT2D eigenvalue weighted by Gasteiger charge is 2.28. The van der Waals surface area contributed by atoms with Crippen LogP contribution in [-0.2, 0) is 10.0 Å². The van der Waals surface area contributed by atoms with Gasteiger partial charge in [0.25, 0.3) is 5.91 Å². The molecule has 2 aromatic carbocycles. The van der Waals surface area contributed by atoms with E-state index in [0.29, 0.717) is 35.6 Å². The maximum Gasteiger partial charge on any atom is 0.256 e. The lowest BCUT2D eigenvalue weighted by molar-refractivity contribution is 0.102. The summed E-state index contributed by atoms with van der Waals surface area (Å²) in [5, 5.41) is 3.38. The summed E-state index contributed by atoms with van der Waals surface area (Å²) in [7, 11) is -3.55. The fourth-order valence-electron chi connectivity index (χ4n) is 3.81. The molecule has 1 aliphatic rings. The number of rotatable bonds is 4. The van der Waals surface area contributed by atoms with E-state index in [1.54, 1.807) is 36.4 Å². The van der Waals surface area contributed by atoms with Crippen LogP contribution < -0.4 is 10.9 Å². The molecular weight excluding hydrogens is 402 g/mol. The normalized spacial score (nSPS) is 17.7. The van der Waals surface area contributed by atoms with Crippen molar-refractivity contribution in [3.63, 3.8) is 0 Å². The number of piperidine rings is 1. The van der Waals surface area contributed by atoms with Gasteiger partial charge >= 0.3 is 0 Å². The number of amides is 1. The Morgan fingerprint density at radius 2 is 1.87 bits per heavy atom. The number of nitrogens with one attached hydrogen (secondary N) is 2. The van der Waals surface area contributed by atoms with E-state index in [0.717, 1.165) is 12.8 Å². The van der Waals surface area contributed by atoms with Crippen LogP contribution in [0.15, 0.2) is 64.3 Å². The van der Waals surface area contributed by atoms with Gasteiger partial charge in [0, 0.05) is 35.7 Å². The lowest BCUT2D eigenvalue weighted by Crippen LogP contribution is -2.39. The molecule has 0 aliphatic carbocycles. The predicted octanol–water partition coefficient (Wildman–Crippen LogP) is 3.20. The number of nitrogens with zero attached hydrogens (tertiary/aromatic N) is 1. The number of anilines is 1. The Labute approximate surface area is 174 Å². The number of para-hydroxylation sites is 1. The zero-order chi connectivity index (χ0) is 21.3. The molecule has 0 radical (unpaired) electrons. The van der Waals surface area contributed by atoms with Crippen LogP contribution in [-0.4, -0.2) is 36.7 Å². The second-order valence-corrected chi connectivity index (χ2v) is 9.62. The van der Waals surface area contributed by atoms with Gasteiger partial charge in [0.2, 0.25) is 15.6 Å². The van der Waals surface area contributed by atoms with Gasteiger partial charge in [-0.1, -0.05) is 25.1 Å². The number of carbonyl (C=O) groups excluding carboxylic acids is 1. The SMILES string of the molecule is C[C@@H]1CCCN(S(=O)(=O)c2ccc(NC(=O)c3cc(=O)[nH]c4ccccc34)cc2)C1. The van der Waals surface area contributed by atoms with Crippen LogP contribution in [0, 0.1) is 5.92 Å². The lowest BCUT2D eigenvalue weighted by atomic mass is 10.0. The van der Waals surface area contributed by atoms with Crippen molar-refractivity contribution in [2.45, 2.75) is 24.7 Å². The number of H-pyrrole nitrogens is 1. The molecule has 0 spiro atoms. The Bertz CT molecular complexity index is 1250. The molecular formula is C22H23N3O4S. The number of benzene rings is 2. The van der Waals surface area contributed by atoms with E-state index < -0.39 is 15.9 Å². The Morgan fingerprint density at radius 3 is 2.60 bits per heavy atom. The van der Waals surface area contributed by atoms with Crippen molar-refractivity contribution in [2.75, 3.05) is 18.4 Å². The van der Waals surface area contributed by atoms with Crippen LogP contribution in [0.5, 0.6) is 0 Å². The van der Waals surface area contributed by atoms with Crippen molar-refractivity contribution in [1.29, 1.82) is 0 Å². The summed E-state index contributed by atoms with van der Waals surface area (Å²) in [6.45, 7) is 3.11. The first-order valence-electron chi connectivity index (χ1n) is 9.88. The summed E-state index contributed by atoms with van der Waals surface area (Å²) in [4.78, 5) is 27.5. The van der Waals surface area contributed by atoms with Crippen LogP contribution in [0.25, 0.3) is 10.9 Å². The molecule has 1 saturated heterocycles. The number of aromatic nitrogens is 1. The van der Waals surface area contributed by atoms with Gasteiger partial charge in [-0.05, 0) is 49.1 Å². The van der Waals surface area contributed by atoms with Crippen LogP contribution in [0.2, 0.25) is 0 Å². The smallest absolute Gasteiger partial charge is 0.256 e. The lowest BCUT2D eigenvalue weighted by Gasteiger charge is -2.30. The fraction of sp³-hybridized carbons (Fsp3) is 0.273. The minimum atomic E-state index is -3.55. The molecule has 0 bridgehead atoms. The van der Waals surface area contributed by atoms with Crippen molar-refractivity contribution >= 4 is 32.5 Å². The highest BCUT2D eigenvalue weighted by molar-refractivity contribution is 7.89. The van der Waals surface area contributed by atoms with Gasteiger partial charge in [0.05, 0.1) is 10.5 Å². The average Bonchev–Trinajstić information content (AvgIpc) is 2.73. The number of fused-ring (bicyclic) bond motifs is 1. The average molecular weight is 426 g/mol. The zero-order valence-corrected chi connectivity index (χ0v) is 17.4. The van der Waals surface area contributed by atoms with Crippen molar-refractivity contribution in [1.82, 2.24) is 9.29 Å². The molecule has 30 heavy (non-hydrogen) atoms. The standard InChI is InChI=1S/C22H23N3O4S/c1-15-5-4-12-25(14-15)30(28,29)17-10-8-16(9-11-17)23-22(27)19-13-21(26)24-20-7-3-2-6-18(19)20/h2-3,6-11,13,15H,4-5,12,14H2,1H3,(H,23,27)(H,24,26)/t15-/m1/s1. The van der Waals surface area contributed by atoms with Crippen molar-refractivity contribution in [2.24, 2.45) is 5.92 Å². The second-order valence-electron chi connectivity index (χ2n) is 7.68. The van der Waals surface area contributed by atoms with Crippen molar-refractivity contribution in [3.05, 3.63) is 70.5 Å². The van der Waals surface area contributed by atoms with E-state index in [-0.39, 0.29) is 16.0 Å². The number of aromatic amines is 1. The van der Waals surface area contributed by atoms with Crippen LogP contribution in [0.1, 0.15) is 30.1 Å². The van der Waals surface area contributed by atoms with Gasteiger partial charge in [-0.3, -0.25) is 9.59 Å². The third kappa shape index (κ3) is 4.01. The summed E-state index contributed by atoms with van der Waals surface area (Å²) in [6, 6.07) is 14.4.